The fourth-order valence-corrected chi connectivity index (χ4v) is 10.3. The van der Waals surface area contributed by atoms with Gasteiger partial charge in [-0.05, 0) is 24.7 Å². The van der Waals surface area contributed by atoms with Gasteiger partial charge in [-0.3, -0.25) is 4.57 Å². The average molecular weight is 298 g/mol. The van der Waals surface area contributed by atoms with Crippen molar-refractivity contribution in [2.75, 3.05) is 0 Å². The molecule has 0 amide bonds. The molecule has 0 spiro atoms. The van der Waals surface area contributed by atoms with Gasteiger partial charge in [0.2, 0.25) is 0 Å². The molecular formula is C12H27O2PS2. The topological polar surface area (TPSA) is 37.3 Å². The number of hydrogen-bond donors (Lipinski definition) is 1. The van der Waals surface area contributed by atoms with Gasteiger partial charge in [-0.15, -0.1) is 0 Å². The molecule has 0 fully saturated rings. The molecule has 0 aliphatic heterocycles. The molecule has 104 valence electrons. The fraction of sp³-hybridized carbons (Fsp3) is 1.00. The van der Waals surface area contributed by atoms with E-state index in [-0.39, 0.29) is 10.5 Å². The lowest BCUT2D eigenvalue weighted by Crippen LogP contribution is -2.03. The van der Waals surface area contributed by atoms with Gasteiger partial charge in [0.15, 0.2) is 0 Å². The van der Waals surface area contributed by atoms with Crippen LogP contribution in [-0.4, -0.2) is 15.4 Å². The van der Waals surface area contributed by atoms with Gasteiger partial charge in [-0.1, -0.05) is 64.3 Å². The highest BCUT2D eigenvalue weighted by Gasteiger charge is 2.27. The second kappa shape index (κ2) is 8.14. The van der Waals surface area contributed by atoms with Crippen LogP contribution in [0.5, 0.6) is 0 Å². The van der Waals surface area contributed by atoms with Crippen molar-refractivity contribution >= 4 is 28.5 Å². The van der Waals surface area contributed by atoms with E-state index in [0.29, 0.717) is 11.8 Å². The third-order valence-corrected chi connectivity index (χ3v) is 9.18. The zero-order valence-corrected chi connectivity index (χ0v) is 14.4. The van der Waals surface area contributed by atoms with E-state index in [2.05, 4.69) is 27.7 Å². The summed E-state index contributed by atoms with van der Waals surface area (Å²) in [6, 6.07) is 0. The maximum Gasteiger partial charge on any atom is 0.311 e. The minimum Gasteiger partial charge on any atom is -0.329 e. The number of rotatable bonds is 8. The third kappa shape index (κ3) is 10.5. The van der Waals surface area contributed by atoms with Gasteiger partial charge < -0.3 is 4.89 Å². The van der Waals surface area contributed by atoms with E-state index in [9.17, 15) is 9.46 Å². The zero-order valence-electron chi connectivity index (χ0n) is 11.8. The molecule has 0 saturated heterocycles. The van der Waals surface area contributed by atoms with Crippen LogP contribution in [-0.2, 0) is 4.57 Å². The molecular weight excluding hydrogens is 271 g/mol. The summed E-state index contributed by atoms with van der Waals surface area (Å²) in [6.45, 7) is 12.7. The first-order chi connectivity index (χ1) is 7.62. The van der Waals surface area contributed by atoms with Crippen molar-refractivity contribution in [3.05, 3.63) is 0 Å². The fourth-order valence-electron chi connectivity index (χ4n) is 1.89. The first-order valence-electron chi connectivity index (χ1n) is 6.32. The summed E-state index contributed by atoms with van der Waals surface area (Å²) >= 11 is 2.52. The largest absolute Gasteiger partial charge is 0.329 e. The summed E-state index contributed by atoms with van der Waals surface area (Å²) in [5.41, 5.74) is 0. The molecule has 17 heavy (non-hydrogen) atoms. The predicted molar refractivity (Wildman–Crippen MR) is 82.8 cm³/mol. The first kappa shape index (κ1) is 17.9. The van der Waals surface area contributed by atoms with Crippen LogP contribution >= 0.6 is 28.5 Å². The average Bonchev–Trinajstić information content (AvgIpc) is 1.95. The second-order valence-corrected chi connectivity index (χ2v) is 13.5. The minimum absolute atomic E-state index is 0.254. The smallest absolute Gasteiger partial charge is 0.311 e. The summed E-state index contributed by atoms with van der Waals surface area (Å²) in [7, 11) is 0. The van der Waals surface area contributed by atoms with Crippen molar-refractivity contribution in [3.8, 4) is 0 Å². The Bertz CT molecular complexity index is 235. The van der Waals surface area contributed by atoms with Crippen LogP contribution in [0.15, 0.2) is 0 Å². The molecule has 2 atom stereocenters. The van der Waals surface area contributed by atoms with Gasteiger partial charge in [-0.2, -0.15) is 0 Å². The Morgan fingerprint density at radius 2 is 1.18 bits per heavy atom. The lowest BCUT2D eigenvalue weighted by atomic mass is 10.1. The van der Waals surface area contributed by atoms with Gasteiger partial charge in [0.1, 0.15) is 0 Å². The Hall–Kier alpha value is 0.890. The highest BCUT2D eigenvalue weighted by molar-refractivity contribution is 8.89. The Morgan fingerprint density at radius 1 is 0.882 bits per heavy atom. The van der Waals surface area contributed by atoms with E-state index in [1.165, 1.54) is 22.8 Å². The molecule has 0 radical (unpaired) electrons. The molecule has 5 heteroatoms. The molecule has 0 saturated carbocycles. The van der Waals surface area contributed by atoms with Crippen LogP contribution in [0.1, 0.15) is 54.4 Å². The van der Waals surface area contributed by atoms with Crippen LogP contribution in [0.3, 0.4) is 0 Å². The maximum absolute atomic E-state index is 12.1. The zero-order chi connectivity index (χ0) is 13.6. The highest BCUT2D eigenvalue weighted by Crippen LogP contribution is 2.69. The second-order valence-electron chi connectivity index (χ2n) is 5.56. The normalized spacial score (nSPS) is 19.4. The van der Waals surface area contributed by atoms with E-state index in [4.69, 9.17) is 0 Å². The van der Waals surface area contributed by atoms with Crippen molar-refractivity contribution < 1.29 is 9.46 Å². The predicted octanol–water partition coefficient (Wildman–Crippen LogP) is 5.42. The minimum atomic E-state index is -3.08. The van der Waals surface area contributed by atoms with Crippen molar-refractivity contribution in [1.29, 1.82) is 0 Å². The lowest BCUT2D eigenvalue weighted by molar-refractivity contribution is 0.512. The SMILES string of the molecule is CC(C)CC(C)SP(=O)(O)SC(C)CC(C)C. The summed E-state index contributed by atoms with van der Waals surface area (Å²) < 4.78 is 12.1. The van der Waals surface area contributed by atoms with Crippen molar-refractivity contribution in [2.24, 2.45) is 11.8 Å². The highest BCUT2D eigenvalue weighted by atomic mass is 33.1. The van der Waals surface area contributed by atoms with Crippen molar-refractivity contribution in [2.45, 2.75) is 64.9 Å². The van der Waals surface area contributed by atoms with Crippen LogP contribution in [0.4, 0.5) is 0 Å². The van der Waals surface area contributed by atoms with E-state index < -0.39 is 5.77 Å². The molecule has 0 aliphatic rings. The van der Waals surface area contributed by atoms with Gasteiger partial charge in [0.25, 0.3) is 0 Å². The third-order valence-electron chi connectivity index (χ3n) is 2.23. The Morgan fingerprint density at radius 3 is 1.41 bits per heavy atom. The van der Waals surface area contributed by atoms with Gasteiger partial charge in [0.05, 0.1) is 0 Å². The number of hydrogen-bond acceptors (Lipinski definition) is 3. The molecule has 0 aromatic rings. The summed E-state index contributed by atoms with van der Waals surface area (Å²) in [6.07, 6.45) is 1.99. The van der Waals surface area contributed by atoms with Crippen molar-refractivity contribution in [3.63, 3.8) is 0 Å². The molecule has 1 N–H and O–H groups in total. The van der Waals surface area contributed by atoms with Crippen LogP contribution < -0.4 is 0 Å². The molecule has 2 unspecified atom stereocenters. The summed E-state index contributed by atoms with van der Waals surface area (Å²) in [5, 5.41) is 0.508. The van der Waals surface area contributed by atoms with E-state index in [0.717, 1.165) is 12.8 Å². The molecule has 0 aromatic heterocycles. The quantitative estimate of drug-likeness (QED) is 0.607. The standard InChI is InChI=1S/C12H27O2PS2/c1-9(2)7-11(5)16-15(13,14)17-12(6)8-10(3)4/h9-12H,7-8H2,1-6H3,(H,13,14). The van der Waals surface area contributed by atoms with E-state index in [1.807, 2.05) is 13.8 Å². The molecule has 0 rings (SSSR count). The maximum atomic E-state index is 12.1. The molecule has 0 bridgehead atoms. The van der Waals surface area contributed by atoms with Crippen LogP contribution in [0.2, 0.25) is 0 Å². The molecule has 0 aliphatic carbocycles. The van der Waals surface area contributed by atoms with Crippen LogP contribution in [0.25, 0.3) is 0 Å². The summed E-state index contributed by atoms with van der Waals surface area (Å²) in [5.74, 6) is -1.93. The monoisotopic (exact) mass is 298 g/mol. The first-order valence-corrected chi connectivity index (χ1v) is 10.9. The molecule has 2 nitrogen and oxygen atoms in total. The van der Waals surface area contributed by atoms with E-state index in [1.54, 1.807) is 0 Å². The lowest BCUT2D eigenvalue weighted by Gasteiger charge is -2.20. The van der Waals surface area contributed by atoms with Crippen molar-refractivity contribution in [1.82, 2.24) is 0 Å². The van der Waals surface area contributed by atoms with Gasteiger partial charge >= 0.3 is 5.77 Å². The van der Waals surface area contributed by atoms with E-state index >= 15 is 0 Å². The van der Waals surface area contributed by atoms with Crippen LogP contribution in [0, 0.1) is 11.8 Å². The summed E-state index contributed by atoms with van der Waals surface area (Å²) in [4.78, 5) is 9.96. The Balaban J connectivity index is 4.14. The Labute approximate surface area is 115 Å². The Kier molecular flexibility index (Phi) is 8.57. The van der Waals surface area contributed by atoms with Gasteiger partial charge in [-0.25, -0.2) is 0 Å². The molecule has 0 heterocycles. The van der Waals surface area contributed by atoms with Gasteiger partial charge in [0, 0.05) is 10.5 Å². The molecule has 0 aromatic carbocycles.